The molecule has 0 radical (unpaired) electrons. The number of hydrogen-bond acceptors (Lipinski definition) is 5. The van der Waals surface area contributed by atoms with Crippen LogP contribution in [0.2, 0.25) is 0 Å². The van der Waals surface area contributed by atoms with Gasteiger partial charge in [-0.05, 0) is 5.92 Å². The van der Waals surface area contributed by atoms with Gasteiger partial charge in [0.25, 0.3) is 0 Å². The summed E-state index contributed by atoms with van der Waals surface area (Å²) in [4.78, 5) is 0. The SMILES string of the molecule is CCC(C)CNc1nnc(CCN)o1. The normalized spacial score (nSPS) is 12.8. The number of anilines is 1. The summed E-state index contributed by atoms with van der Waals surface area (Å²) in [6, 6.07) is 0.494. The van der Waals surface area contributed by atoms with E-state index in [-0.39, 0.29) is 0 Å². The fraction of sp³-hybridized carbons (Fsp3) is 0.778. The molecule has 0 bridgehead atoms. The van der Waals surface area contributed by atoms with Gasteiger partial charge in [0.1, 0.15) is 0 Å². The Hall–Kier alpha value is -1.10. The fourth-order valence-electron chi connectivity index (χ4n) is 0.955. The quantitative estimate of drug-likeness (QED) is 0.714. The molecule has 1 atom stereocenters. The van der Waals surface area contributed by atoms with E-state index in [1.54, 1.807) is 0 Å². The third kappa shape index (κ3) is 3.33. The summed E-state index contributed by atoms with van der Waals surface area (Å²) in [6.07, 6.45) is 1.77. The van der Waals surface area contributed by atoms with Crippen LogP contribution in [-0.2, 0) is 6.42 Å². The van der Waals surface area contributed by atoms with Crippen LogP contribution in [0.15, 0.2) is 4.42 Å². The van der Waals surface area contributed by atoms with Crippen molar-refractivity contribution in [3.8, 4) is 0 Å². The van der Waals surface area contributed by atoms with Gasteiger partial charge in [-0.1, -0.05) is 25.4 Å². The highest BCUT2D eigenvalue weighted by Crippen LogP contribution is 2.07. The van der Waals surface area contributed by atoms with Crippen LogP contribution < -0.4 is 11.1 Å². The van der Waals surface area contributed by atoms with Crippen LogP contribution in [-0.4, -0.2) is 23.3 Å². The number of nitrogens with zero attached hydrogens (tertiary/aromatic N) is 2. The first kappa shape index (κ1) is 11.0. The Morgan fingerprint density at radius 3 is 2.93 bits per heavy atom. The highest BCUT2D eigenvalue weighted by molar-refractivity contribution is 5.16. The van der Waals surface area contributed by atoms with Gasteiger partial charge >= 0.3 is 6.01 Å². The molecule has 0 aliphatic carbocycles. The average molecular weight is 198 g/mol. The molecule has 0 saturated heterocycles. The number of aromatic nitrogens is 2. The molecule has 5 heteroatoms. The van der Waals surface area contributed by atoms with Crippen LogP contribution in [0, 0.1) is 5.92 Å². The van der Waals surface area contributed by atoms with E-state index in [0.717, 1.165) is 13.0 Å². The Labute approximate surface area is 84.1 Å². The van der Waals surface area contributed by atoms with Gasteiger partial charge in [-0.2, -0.15) is 0 Å². The summed E-state index contributed by atoms with van der Waals surface area (Å²) < 4.78 is 5.31. The minimum Gasteiger partial charge on any atom is -0.408 e. The molecule has 1 rings (SSSR count). The van der Waals surface area contributed by atoms with Crippen LogP contribution in [0.4, 0.5) is 6.01 Å². The number of hydrogen-bond donors (Lipinski definition) is 2. The van der Waals surface area contributed by atoms with E-state index in [1.165, 1.54) is 0 Å². The van der Waals surface area contributed by atoms with E-state index in [4.69, 9.17) is 10.2 Å². The zero-order chi connectivity index (χ0) is 10.4. The molecule has 1 unspecified atom stereocenters. The Kier molecular flexibility index (Phi) is 4.39. The van der Waals surface area contributed by atoms with Crippen molar-refractivity contribution in [3.63, 3.8) is 0 Å². The van der Waals surface area contributed by atoms with E-state index in [1.807, 2.05) is 0 Å². The number of nitrogens with two attached hydrogens (primary N) is 1. The minimum atomic E-state index is 0.494. The molecule has 1 heterocycles. The summed E-state index contributed by atoms with van der Waals surface area (Å²) in [5.74, 6) is 1.21. The van der Waals surface area contributed by atoms with Crippen LogP contribution >= 0.6 is 0 Å². The standard InChI is InChI=1S/C9H18N4O/c1-3-7(2)6-11-9-13-12-8(14-9)4-5-10/h7H,3-6,10H2,1-2H3,(H,11,13). The van der Waals surface area contributed by atoms with Crippen molar-refractivity contribution in [1.82, 2.24) is 10.2 Å². The highest BCUT2D eigenvalue weighted by Gasteiger charge is 2.05. The zero-order valence-electron chi connectivity index (χ0n) is 8.79. The molecular weight excluding hydrogens is 180 g/mol. The van der Waals surface area contributed by atoms with Crippen LogP contribution in [0.1, 0.15) is 26.2 Å². The van der Waals surface area contributed by atoms with Crippen LogP contribution in [0.5, 0.6) is 0 Å². The molecular formula is C9H18N4O. The van der Waals surface area contributed by atoms with Gasteiger partial charge in [0.15, 0.2) is 0 Å². The molecule has 3 N–H and O–H groups in total. The summed E-state index contributed by atoms with van der Waals surface area (Å²) >= 11 is 0. The lowest BCUT2D eigenvalue weighted by molar-refractivity contribution is 0.497. The lowest BCUT2D eigenvalue weighted by atomic mass is 10.1. The molecule has 0 fully saturated rings. The smallest absolute Gasteiger partial charge is 0.315 e. The molecule has 0 amide bonds. The molecule has 0 spiro atoms. The van der Waals surface area contributed by atoms with E-state index < -0.39 is 0 Å². The molecule has 0 saturated carbocycles. The zero-order valence-corrected chi connectivity index (χ0v) is 8.79. The van der Waals surface area contributed by atoms with Gasteiger partial charge < -0.3 is 15.5 Å². The molecule has 80 valence electrons. The summed E-state index contributed by atoms with van der Waals surface area (Å²) in [7, 11) is 0. The lowest BCUT2D eigenvalue weighted by Crippen LogP contribution is -2.10. The summed E-state index contributed by atoms with van der Waals surface area (Å²) in [6.45, 7) is 5.72. The maximum absolute atomic E-state index is 5.37. The van der Waals surface area contributed by atoms with Crippen molar-refractivity contribution < 1.29 is 4.42 Å². The van der Waals surface area contributed by atoms with Gasteiger partial charge in [0.2, 0.25) is 5.89 Å². The second kappa shape index (κ2) is 5.59. The van der Waals surface area contributed by atoms with E-state index in [2.05, 4.69) is 29.4 Å². The Morgan fingerprint density at radius 1 is 1.50 bits per heavy atom. The van der Waals surface area contributed by atoms with Crippen molar-refractivity contribution in [2.75, 3.05) is 18.4 Å². The second-order valence-electron chi connectivity index (χ2n) is 3.43. The summed E-state index contributed by atoms with van der Waals surface area (Å²) in [5.41, 5.74) is 5.37. The lowest BCUT2D eigenvalue weighted by Gasteiger charge is -2.06. The first-order valence-electron chi connectivity index (χ1n) is 5.02. The van der Waals surface area contributed by atoms with Gasteiger partial charge in [-0.15, -0.1) is 5.10 Å². The molecule has 0 aliphatic rings. The van der Waals surface area contributed by atoms with E-state index >= 15 is 0 Å². The molecule has 1 aromatic rings. The monoisotopic (exact) mass is 198 g/mol. The molecule has 14 heavy (non-hydrogen) atoms. The fourth-order valence-corrected chi connectivity index (χ4v) is 0.955. The summed E-state index contributed by atoms with van der Waals surface area (Å²) in [5, 5.41) is 10.8. The van der Waals surface area contributed by atoms with Crippen molar-refractivity contribution >= 4 is 6.01 Å². The van der Waals surface area contributed by atoms with Crippen LogP contribution in [0.25, 0.3) is 0 Å². The average Bonchev–Trinajstić information content (AvgIpc) is 2.63. The van der Waals surface area contributed by atoms with Crippen molar-refractivity contribution in [2.45, 2.75) is 26.7 Å². The topological polar surface area (TPSA) is 77.0 Å². The van der Waals surface area contributed by atoms with E-state index in [9.17, 15) is 0 Å². The first-order valence-corrected chi connectivity index (χ1v) is 5.02. The van der Waals surface area contributed by atoms with Gasteiger partial charge in [-0.25, -0.2) is 0 Å². The third-order valence-electron chi connectivity index (χ3n) is 2.12. The molecule has 1 aromatic heterocycles. The van der Waals surface area contributed by atoms with Gasteiger partial charge in [0, 0.05) is 19.5 Å². The van der Waals surface area contributed by atoms with Crippen molar-refractivity contribution in [1.29, 1.82) is 0 Å². The Bertz CT molecular complexity index is 261. The largest absolute Gasteiger partial charge is 0.408 e. The van der Waals surface area contributed by atoms with Gasteiger partial charge in [0.05, 0.1) is 0 Å². The van der Waals surface area contributed by atoms with Crippen molar-refractivity contribution in [3.05, 3.63) is 5.89 Å². The highest BCUT2D eigenvalue weighted by atomic mass is 16.4. The first-order chi connectivity index (χ1) is 6.76. The third-order valence-corrected chi connectivity index (χ3v) is 2.12. The Morgan fingerprint density at radius 2 is 2.29 bits per heavy atom. The molecule has 5 nitrogen and oxygen atoms in total. The predicted molar refractivity (Wildman–Crippen MR) is 55.0 cm³/mol. The minimum absolute atomic E-state index is 0.494. The molecule has 0 aromatic carbocycles. The van der Waals surface area contributed by atoms with Gasteiger partial charge in [-0.3, -0.25) is 0 Å². The predicted octanol–water partition coefficient (Wildman–Crippen LogP) is 1.03. The number of rotatable bonds is 6. The Balaban J connectivity index is 2.35. The molecule has 0 aliphatic heterocycles. The van der Waals surface area contributed by atoms with E-state index in [0.29, 0.717) is 30.8 Å². The maximum Gasteiger partial charge on any atom is 0.315 e. The van der Waals surface area contributed by atoms with Crippen molar-refractivity contribution in [2.24, 2.45) is 11.7 Å². The number of nitrogens with one attached hydrogen (secondary N) is 1. The maximum atomic E-state index is 5.37. The van der Waals surface area contributed by atoms with Crippen LogP contribution in [0.3, 0.4) is 0 Å². The second-order valence-corrected chi connectivity index (χ2v) is 3.43.